The Morgan fingerprint density at radius 2 is 1.79 bits per heavy atom. The summed E-state index contributed by atoms with van der Waals surface area (Å²) in [4.78, 5) is 27.9. The molecule has 184 valence electrons. The van der Waals surface area contributed by atoms with Crippen LogP contribution in [0.4, 0.5) is 0 Å². The summed E-state index contributed by atoms with van der Waals surface area (Å²) in [6.45, 7) is 2.54. The summed E-state index contributed by atoms with van der Waals surface area (Å²) in [5.41, 5.74) is 0.896. The molecule has 0 spiro atoms. The smallest absolute Gasteiger partial charge is 0.242 e. The topological polar surface area (TPSA) is 67.9 Å². The highest BCUT2D eigenvalue weighted by Crippen LogP contribution is 2.20. The van der Waals surface area contributed by atoms with E-state index >= 15 is 0 Å². The van der Waals surface area contributed by atoms with Gasteiger partial charge in [-0.15, -0.1) is 0 Å². The van der Waals surface area contributed by atoms with Crippen molar-refractivity contribution < 1.29 is 19.1 Å². The van der Waals surface area contributed by atoms with Gasteiger partial charge in [0.2, 0.25) is 11.8 Å². The molecule has 1 fully saturated rings. The number of ether oxygens (including phenoxy) is 2. The third kappa shape index (κ3) is 7.94. The van der Waals surface area contributed by atoms with Crippen LogP contribution in [0.3, 0.4) is 0 Å². The van der Waals surface area contributed by atoms with Crippen molar-refractivity contribution in [1.29, 1.82) is 0 Å². The van der Waals surface area contributed by atoms with Gasteiger partial charge in [0.1, 0.15) is 17.5 Å². The molecule has 2 aromatic carbocycles. The Hall–Kier alpha value is -2.73. The van der Waals surface area contributed by atoms with Gasteiger partial charge in [-0.25, -0.2) is 0 Å². The van der Waals surface area contributed by atoms with Gasteiger partial charge in [-0.05, 0) is 68.1 Å². The van der Waals surface area contributed by atoms with Crippen LogP contribution in [0.1, 0.15) is 57.4 Å². The highest BCUT2D eigenvalue weighted by molar-refractivity contribution is 6.30. The molecule has 1 aliphatic rings. The summed E-state index contributed by atoms with van der Waals surface area (Å²) in [6, 6.07) is 14.4. The fraction of sp³-hybridized carbons (Fsp3) is 0.481. The predicted molar refractivity (Wildman–Crippen MR) is 134 cm³/mol. The van der Waals surface area contributed by atoms with Crippen LogP contribution in [0.25, 0.3) is 0 Å². The molecule has 0 heterocycles. The number of rotatable bonds is 11. The average Bonchev–Trinajstić information content (AvgIpc) is 2.85. The van der Waals surface area contributed by atoms with Crippen LogP contribution in [0.2, 0.25) is 5.02 Å². The van der Waals surface area contributed by atoms with Crippen LogP contribution in [0.5, 0.6) is 11.5 Å². The van der Waals surface area contributed by atoms with Gasteiger partial charge in [-0.1, -0.05) is 43.0 Å². The molecule has 34 heavy (non-hydrogen) atoms. The average molecular weight is 487 g/mol. The monoisotopic (exact) mass is 486 g/mol. The summed E-state index contributed by atoms with van der Waals surface area (Å²) in [7, 11) is 1.62. The number of hydrogen-bond donors (Lipinski definition) is 1. The summed E-state index contributed by atoms with van der Waals surface area (Å²) in [5, 5.41) is 3.76. The summed E-state index contributed by atoms with van der Waals surface area (Å²) < 4.78 is 10.9. The zero-order chi connectivity index (χ0) is 24.3. The Morgan fingerprint density at radius 3 is 2.47 bits per heavy atom. The van der Waals surface area contributed by atoms with Crippen LogP contribution in [0, 0.1) is 0 Å². The maximum absolute atomic E-state index is 13.2. The van der Waals surface area contributed by atoms with E-state index in [-0.39, 0.29) is 24.3 Å². The molecule has 3 rings (SSSR count). The quantitative estimate of drug-likeness (QED) is 0.433. The van der Waals surface area contributed by atoms with Crippen molar-refractivity contribution in [1.82, 2.24) is 10.2 Å². The highest BCUT2D eigenvalue weighted by atomic mass is 35.5. The number of amides is 2. The van der Waals surface area contributed by atoms with E-state index in [9.17, 15) is 9.59 Å². The summed E-state index contributed by atoms with van der Waals surface area (Å²) >= 11 is 6.15. The number of methoxy groups -OCH3 is 1. The summed E-state index contributed by atoms with van der Waals surface area (Å²) in [6.07, 6.45) is 6.34. The van der Waals surface area contributed by atoms with Gasteiger partial charge in [-0.3, -0.25) is 9.59 Å². The Balaban J connectivity index is 1.58. The molecular weight excluding hydrogens is 452 g/mol. The molecule has 7 heteroatoms. The molecule has 1 atom stereocenters. The third-order valence-electron chi connectivity index (χ3n) is 6.22. The Bertz CT molecular complexity index is 928. The molecule has 2 amide bonds. The van der Waals surface area contributed by atoms with Crippen LogP contribution in [0.15, 0.2) is 48.5 Å². The molecule has 0 aliphatic heterocycles. The minimum Gasteiger partial charge on any atom is -0.497 e. The summed E-state index contributed by atoms with van der Waals surface area (Å²) in [5.74, 6) is 1.31. The minimum atomic E-state index is -0.573. The van der Waals surface area contributed by atoms with Crippen molar-refractivity contribution in [2.75, 3.05) is 13.7 Å². The minimum absolute atomic E-state index is 0.0791. The van der Waals surface area contributed by atoms with E-state index in [1.807, 2.05) is 42.5 Å². The lowest BCUT2D eigenvalue weighted by molar-refractivity contribution is -0.141. The second kappa shape index (κ2) is 13.2. The second-order valence-electron chi connectivity index (χ2n) is 8.80. The maximum atomic E-state index is 13.2. The largest absolute Gasteiger partial charge is 0.497 e. The van der Waals surface area contributed by atoms with Gasteiger partial charge in [-0.2, -0.15) is 0 Å². The lowest BCUT2D eigenvalue weighted by Crippen LogP contribution is -2.50. The van der Waals surface area contributed by atoms with E-state index < -0.39 is 6.04 Å². The fourth-order valence-electron chi connectivity index (χ4n) is 4.21. The van der Waals surface area contributed by atoms with Gasteiger partial charge in [0.15, 0.2) is 0 Å². The molecule has 0 radical (unpaired) electrons. The number of carbonyl (C=O) groups is 2. The first-order valence-corrected chi connectivity index (χ1v) is 12.4. The van der Waals surface area contributed by atoms with Gasteiger partial charge in [0.25, 0.3) is 0 Å². The number of halogens is 1. The normalized spacial score (nSPS) is 14.8. The molecular formula is C27H35ClN2O4. The zero-order valence-corrected chi connectivity index (χ0v) is 20.9. The van der Waals surface area contributed by atoms with Crippen molar-refractivity contribution in [3.8, 4) is 11.5 Å². The van der Waals surface area contributed by atoms with E-state index in [2.05, 4.69) is 5.32 Å². The van der Waals surface area contributed by atoms with Crippen LogP contribution < -0.4 is 14.8 Å². The molecule has 0 aromatic heterocycles. The molecule has 1 unspecified atom stereocenters. The first-order chi connectivity index (χ1) is 16.5. The Labute approximate surface area is 207 Å². The number of nitrogens with zero attached hydrogens (tertiary/aromatic N) is 1. The van der Waals surface area contributed by atoms with Crippen molar-refractivity contribution in [3.63, 3.8) is 0 Å². The maximum Gasteiger partial charge on any atom is 0.242 e. The predicted octanol–water partition coefficient (Wildman–Crippen LogP) is 5.37. The molecule has 1 N–H and O–H groups in total. The lowest BCUT2D eigenvalue weighted by atomic mass is 9.95. The number of benzene rings is 2. The van der Waals surface area contributed by atoms with Crippen molar-refractivity contribution in [2.24, 2.45) is 0 Å². The van der Waals surface area contributed by atoms with Crippen LogP contribution in [-0.2, 0) is 16.1 Å². The standard InChI is InChI=1S/C27H35ClN2O4/c1-20(27(32)29-23-10-4-3-5-11-23)30(19-21-8-6-9-22(28)18-21)26(31)12-7-17-34-25-15-13-24(33-2)14-16-25/h6,8-9,13-16,18,20,23H,3-5,7,10-12,17,19H2,1-2H3,(H,29,32). The first-order valence-electron chi connectivity index (χ1n) is 12.1. The number of carbonyl (C=O) groups excluding carboxylic acids is 2. The molecule has 6 nitrogen and oxygen atoms in total. The first kappa shape index (κ1) is 25.9. The molecule has 2 aromatic rings. The van der Waals surface area contributed by atoms with Gasteiger partial charge >= 0.3 is 0 Å². The third-order valence-corrected chi connectivity index (χ3v) is 6.46. The molecule has 1 aliphatic carbocycles. The second-order valence-corrected chi connectivity index (χ2v) is 9.24. The van der Waals surface area contributed by atoms with E-state index in [0.717, 1.165) is 42.7 Å². The van der Waals surface area contributed by atoms with Crippen molar-refractivity contribution in [2.45, 2.75) is 70.5 Å². The van der Waals surface area contributed by atoms with Gasteiger partial charge < -0.3 is 19.7 Å². The lowest BCUT2D eigenvalue weighted by Gasteiger charge is -2.31. The number of hydrogen-bond acceptors (Lipinski definition) is 4. The van der Waals surface area contributed by atoms with Gasteiger partial charge in [0, 0.05) is 24.0 Å². The Kier molecular flexibility index (Phi) is 10.1. The fourth-order valence-corrected chi connectivity index (χ4v) is 4.43. The SMILES string of the molecule is COc1ccc(OCCCC(=O)N(Cc2cccc(Cl)c2)C(C)C(=O)NC2CCCCC2)cc1. The van der Waals surface area contributed by atoms with Crippen LogP contribution in [-0.4, -0.2) is 42.5 Å². The van der Waals surface area contributed by atoms with Crippen LogP contribution >= 0.6 is 11.6 Å². The van der Waals surface area contributed by atoms with E-state index in [1.165, 1.54) is 6.42 Å². The molecule has 0 bridgehead atoms. The highest BCUT2D eigenvalue weighted by Gasteiger charge is 2.27. The van der Waals surface area contributed by atoms with Crippen molar-refractivity contribution in [3.05, 3.63) is 59.1 Å². The number of nitrogens with one attached hydrogen (secondary N) is 1. The Morgan fingerprint density at radius 1 is 1.09 bits per heavy atom. The van der Waals surface area contributed by atoms with E-state index in [4.69, 9.17) is 21.1 Å². The molecule has 1 saturated carbocycles. The van der Waals surface area contributed by atoms with Gasteiger partial charge in [0.05, 0.1) is 13.7 Å². The van der Waals surface area contributed by atoms with E-state index in [1.54, 1.807) is 25.0 Å². The van der Waals surface area contributed by atoms with E-state index in [0.29, 0.717) is 24.6 Å². The zero-order valence-electron chi connectivity index (χ0n) is 20.1. The molecule has 0 saturated heterocycles. The van der Waals surface area contributed by atoms with Crippen molar-refractivity contribution >= 4 is 23.4 Å².